The summed E-state index contributed by atoms with van der Waals surface area (Å²) >= 11 is 0. The van der Waals surface area contributed by atoms with E-state index in [9.17, 15) is 14.7 Å². The molecule has 0 spiro atoms. The van der Waals surface area contributed by atoms with Crippen LogP contribution in [0.2, 0.25) is 0 Å². The van der Waals surface area contributed by atoms with Gasteiger partial charge in [0, 0.05) is 18.7 Å². The maximum atomic E-state index is 11.5. The lowest BCUT2D eigenvalue weighted by atomic mass is 10.1. The molecule has 0 bridgehead atoms. The van der Waals surface area contributed by atoms with E-state index in [0.717, 1.165) is 25.0 Å². The maximum absolute atomic E-state index is 11.5. The quantitative estimate of drug-likeness (QED) is 0.647. The van der Waals surface area contributed by atoms with E-state index in [0.29, 0.717) is 6.54 Å². The van der Waals surface area contributed by atoms with E-state index in [1.54, 1.807) is 6.92 Å². The molecule has 0 aliphatic carbocycles. The van der Waals surface area contributed by atoms with E-state index in [4.69, 9.17) is 5.11 Å². The molecule has 5 heteroatoms. The Labute approximate surface area is 88.0 Å². The summed E-state index contributed by atoms with van der Waals surface area (Å²) in [6, 6.07) is -0.184. The normalized spacial score (nSPS) is 23.3. The van der Waals surface area contributed by atoms with Crippen molar-refractivity contribution in [2.24, 2.45) is 0 Å². The molecule has 84 valence electrons. The number of carbonyl (C=O) groups excluding carboxylic acids is 1. The number of rotatable bonds is 3. The standard InChI is InChI=1S/C10H15NO4/c1-7(12)8-3-2-6-11(8)9(13)4-5-10(14)15/h4-5,7-8,12H,2-3,6H2,1H3,(H,14,15)/b5-4+/t7-,8-/m1/s1. The molecule has 1 rings (SSSR count). The van der Waals surface area contributed by atoms with Crippen LogP contribution in [0.1, 0.15) is 19.8 Å². The first-order valence-corrected chi connectivity index (χ1v) is 4.92. The van der Waals surface area contributed by atoms with Gasteiger partial charge in [0.05, 0.1) is 12.1 Å². The van der Waals surface area contributed by atoms with Crippen molar-refractivity contribution in [3.63, 3.8) is 0 Å². The Morgan fingerprint density at radius 2 is 2.13 bits per heavy atom. The van der Waals surface area contributed by atoms with Gasteiger partial charge in [-0.25, -0.2) is 4.79 Å². The smallest absolute Gasteiger partial charge is 0.328 e. The lowest BCUT2D eigenvalue weighted by Gasteiger charge is -2.25. The summed E-state index contributed by atoms with van der Waals surface area (Å²) in [6.45, 7) is 2.22. The number of aliphatic carboxylic acids is 1. The Hall–Kier alpha value is -1.36. The number of aliphatic hydroxyl groups is 1. The van der Waals surface area contributed by atoms with Crippen LogP contribution in [0.5, 0.6) is 0 Å². The van der Waals surface area contributed by atoms with Crippen molar-refractivity contribution in [1.82, 2.24) is 4.90 Å². The summed E-state index contributed by atoms with van der Waals surface area (Å²) in [6.07, 6.45) is 2.89. The van der Waals surface area contributed by atoms with Crippen molar-refractivity contribution in [2.45, 2.75) is 31.9 Å². The minimum atomic E-state index is -1.14. The third-order valence-electron chi connectivity index (χ3n) is 2.51. The topological polar surface area (TPSA) is 77.8 Å². The Kier molecular flexibility index (Phi) is 3.85. The van der Waals surface area contributed by atoms with Crippen LogP contribution >= 0.6 is 0 Å². The average molecular weight is 213 g/mol. The van der Waals surface area contributed by atoms with Crippen LogP contribution in [-0.4, -0.2) is 45.7 Å². The molecule has 1 saturated heterocycles. The second-order valence-electron chi connectivity index (χ2n) is 3.65. The van der Waals surface area contributed by atoms with Crippen molar-refractivity contribution in [2.75, 3.05) is 6.54 Å². The van der Waals surface area contributed by atoms with E-state index < -0.39 is 12.1 Å². The summed E-state index contributed by atoms with van der Waals surface area (Å²) in [4.78, 5) is 23.3. The van der Waals surface area contributed by atoms with Gasteiger partial charge in [-0.1, -0.05) is 0 Å². The number of hydrogen-bond acceptors (Lipinski definition) is 3. The summed E-state index contributed by atoms with van der Waals surface area (Å²) in [7, 11) is 0. The van der Waals surface area contributed by atoms with Crippen molar-refractivity contribution in [1.29, 1.82) is 0 Å². The lowest BCUT2D eigenvalue weighted by molar-refractivity contribution is -0.132. The SMILES string of the molecule is C[C@@H](O)[C@H]1CCCN1C(=O)/C=C/C(=O)O. The molecule has 0 saturated carbocycles. The molecular weight excluding hydrogens is 198 g/mol. The minimum absolute atomic E-state index is 0.184. The predicted molar refractivity (Wildman–Crippen MR) is 53.2 cm³/mol. The molecule has 0 aromatic heterocycles. The third-order valence-corrected chi connectivity index (χ3v) is 2.51. The molecule has 0 unspecified atom stereocenters. The van der Waals surface area contributed by atoms with Gasteiger partial charge in [0.2, 0.25) is 5.91 Å². The summed E-state index contributed by atoms with van der Waals surface area (Å²) in [5, 5.41) is 17.8. The summed E-state index contributed by atoms with van der Waals surface area (Å²) in [5.74, 6) is -1.49. The first-order valence-electron chi connectivity index (χ1n) is 4.92. The molecule has 1 fully saturated rings. The fourth-order valence-electron chi connectivity index (χ4n) is 1.81. The Bertz CT molecular complexity index is 285. The third kappa shape index (κ3) is 3.06. The van der Waals surface area contributed by atoms with Gasteiger partial charge in [0.25, 0.3) is 0 Å². The molecule has 5 nitrogen and oxygen atoms in total. The van der Waals surface area contributed by atoms with Crippen LogP contribution in [0, 0.1) is 0 Å². The van der Waals surface area contributed by atoms with Crippen LogP contribution in [0.25, 0.3) is 0 Å². The highest BCUT2D eigenvalue weighted by molar-refractivity contribution is 5.94. The van der Waals surface area contributed by atoms with Gasteiger partial charge in [-0.3, -0.25) is 4.79 Å². The lowest BCUT2D eigenvalue weighted by Crippen LogP contribution is -2.40. The first kappa shape index (κ1) is 11.7. The fourth-order valence-corrected chi connectivity index (χ4v) is 1.81. The van der Waals surface area contributed by atoms with Crippen molar-refractivity contribution < 1.29 is 19.8 Å². The molecule has 0 aromatic rings. The molecule has 1 aliphatic rings. The number of carboxylic acids is 1. The molecule has 2 atom stereocenters. The van der Waals surface area contributed by atoms with Gasteiger partial charge in [-0.15, -0.1) is 0 Å². The average Bonchev–Trinajstić information content (AvgIpc) is 2.62. The van der Waals surface area contributed by atoms with Gasteiger partial charge < -0.3 is 15.1 Å². The number of nitrogens with zero attached hydrogens (tertiary/aromatic N) is 1. The predicted octanol–water partition coefficient (Wildman–Crippen LogP) is -0.00100. The van der Waals surface area contributed by atoms with Crippen molar-refractivity contribution >= 4 is 11.9 Å². The van der Waals surface area contributed by atoms with Gasteiger partial charge in [-0.2, -0.15) is 0 Å². The van der Waals surface area contributed by atoms with Crippen LogP contribution in [0.15, 0.2) is 12.2 Å². The maximum Gasteiger partial charge on any atom is 0.328 e. The molecule has 2 N–H and O–H groups in total. The van der Waals surface area contributed by atoms with E-state index >= 15 is 0 Å². The molecular formula is C10H15NO4. The Morgan fingerprint density at radius 3 is 2.67 bits per heavy atom. The number of carboxylic acid groups (broad SMARTS) is 1. The zero-order valence-corrected chi connectivity index (χ0v) is 8.59. The Morgan fingerprint density at radius 1 is 1.47 bits per heavy atom. The number of hydrogen-bond donors (Lipinski definition) is 2. The van der Waals surface area contributed by atoms with Gasteiger partial charge in [0.1, 0.15) is 0 Å². The second-order valence-corrected chi connectivity index (χ2v) is 3.65. The van der Waals surface area contributed by atoms with Crippen molar-refractivity contribution in [3.05, 3.63) is 12.2 Å². The van der Waals surface area contributed by atoms with Crippen molar-refractivity contribution in [3.8, 4) is 0 Å². The highest BCUT2D eigenvalue weighted by atomic mass is 16.4. The molecule has 15 heavy (non-hydrogen) atoms. The fraction of sp³-hybridized carbons (Fsp3) is 0.600. The molecule has 1 aliphatic heterocycles. The first-order chi connectivity index (χ1) is 7.02. The monoisotopic (exact) mass is 213 g/mol. The van der Waals surface area contributed by atoms with E-state index in [1.165, 1.54) is 4.90 Å². The van der Waals surface area contributed by atoms with E-state index in [-0.39, 0.29) is 11.9 Å². The van der Waals surface area contributed by atoms with Gasteiger partial charge >= 0.3 is 5.97 Å². The summed E-state index contributed by atoms with van der Waals surface area (Å²) < 4.78 is 0. The number of aliphatic hydroxyl groups excluding tert-OH is 1. The van der Waals surface area contributed by atoms with Crippen LogP contribution in [0.4, 0.5) is 0 Å². The molecule has 0 radical (unpaired) electrons. The number of carbonyl (C=O) groups is 2. The summed E-state index contributed by atoms with van der Waals surface area (Å²) in [5.41, 5.74) is 0. The highest BCUT2D eigenvalue weighted by Crippen LogP contribution is 2.20. The zero-order chi connectivity index (χ0) is 11.4. The number of likely N-dealkylation sites (tertiary alicyclic amines) is 1. The molecule has 0 aromatic carbocycles. The molecule has 1 amide bonds. The van der Waals surface area contributed by atoms with E-state index in [1.807, 2.05) is 0 Å². The highest BCUT2D eigenvalue weighted by Gasteiger charge is 2.30. The zero-order valence-electron chi connectivity index (χ0n) is 8.59. The second kappa shape index (κ2) is 4.93. The minimum Gasteiger partial charge on any atom is -0.478 e. The Balaban J connectivity index is 2.62. The molecule has 1 heterocycles. The van der Waals surface area contributed by atoms with Gasteiger partial charge in [0.15, 0.2) is 0 Å². The van der Waals surface area contributed by atoms with Crippen LogP contribution in [-0.2, 0) is 9.59 Å². The van der Waals surface area contributed by atoms with Crippen LogP contribution < -0.4 is 0 Å². The van der Waals surface area contributed by atoms with Gasteiger partial charge in [-0.05, 0) is 19.8 Å². The van der Waals surface area contributed by atoms with E-state index in [2.05, 4.69) is 0 Å². The van der Waals surface area contributed by atoms with Crippen LogP contribution in [0.3, 0.4) is 0 Å². The largest absolute Gasteiger partial charge is 0.478 e. The number of amides is 1.